The minimum atomic E-state index is -4.79. The third kappa shape index (κ3) is 14.8. The van der Waals surface area contributed by atoms with Crippen molar-refractivity contribution >= 4 is 11.9 Å². The number of nitrogens with one attached hydrogen (secondary N) is 1. The predicted molar refractivity (Wildman–Crippen MR) is 184 cm³/mol. The fraction of sp³-hybridized carbons (Fsp3) is 0.487. The molecule has 48 heavy (non-hydrogen) atoms. The highest BCUT2D eigenvalue weighted by Crippen LogP contribution is 2.40. The van der Waals surface area contributed by atoms with Gasteiger partial charge in [-0.3, -0.25) is 9.59 Å². The van der Waals surface area contributed by atoms with Crippen LogP contribution in [0, 0.1) is 5.41 Å². The van der Waals surface area contributed by atoms with Gasteiger partial charge in [-0.05, 0) is 77.3 Å². The summed E-state index contributed by atoms with van der Waals surface area (Å²) in [7, 11) is 0. The van der Waals surface area contributed by atoms with Gasteiger partial charge in [0.05, 0.1) is 13.0 Å². The van der Waals surface area contributed by atoms with Crippen LogP contribution in [0.25, 0.3) is 0 Å². The van der Waals surface area contributed by atoms with Crippen molar-refractivity contribution in [3.05, 3.63) is 95.1 Å². The van der Waals surface area contributed by atoms with Crippen molar-refractivity contribution in [3.63, 3.8) is 0 Å². The lowest BCUT2D eigenvalue weighted by molar-refractivity contribution is -0.274. The Bertz CT molecular complexity index is 1400. The number of esters is 1. The number of amides is 1. The maximum Gasteiger partial charge on any atom is 0.573 e. The van der Waals surface area contributed by atoms with Crippen LogP contribution in [0.3, 0.4) is 0 Å². The van der Waals surface area contributed by atoms with Gasteiger partial charge in [0.1, 0.15) is 17.6 Å². The lowest BCUT2D eigenvalue weighted by Gasteiger charge is -2.29. The lowest BCUT2D eigenvalue weighted by atomic mass is 9.85. The minimum Gasteiger partial charge on any atom is -0.485 e. The smallest absolute Gasteiger partial charge is 0.485 e. The number of benzene rings is 3. The summed E-state index contributed by atoms with van der Waals surface area (Å²) in [5.41, 5.74) is 3.65. The Balaban J connectivity index is 0.00000149. The molecule has 0 saturated heterocycles. The Morgan fingerprint density at radius 3 is 1.75 bits per heavy atom. The van der Waals surface area contributed by atoms with Gasteiger partial charge in [-0.25, -0.2) is 0 Å². The highest BCUT2D eigenvalue weighted by atomic mass is 19.4. The molecule has 0 heterocycles. The summed E-state index contributed by atoms with van der Waals surface area (Å²) in [5.74, 6) is -0.544. The number of ether oxygens (including phenoxy) is 3. The van der Waals surface area contributed by atoms with Gasteiger partial charge in [-0.15, -0.1) is 13.2 Å². The van der Waals surface area contributed by atoms with E-state index in [4.69, 9.17) is 9.47 Å². The Morgan fingerprint density at radius 2 is 1.27 bits per heavy atom. The first-order valence-corrected chi connectivity index (χ1v) is 16.5. The standard InChI is InChI=1S/C34H40F3NO5.C5H12/c1-6-8-29(23-9-11-25(12-10-23)32(40)38-22-21-30(39)41-7-2)31(24-13-17-28(18-14-24)43-34(35,36)37)42-27-19-15-26(16-20-27)33(3,4)5;1-5(2,3)4/h9-20,29,31H,6-8,21-22H2,1-5H3,(H,38,40);1-4H3. The summed E-state index contributed by atoms with van der Waals surface area (Å²) in [6, 6.07) is 20.7. The van der Waals surface area contributed by atoms with Crippen molar-refractivity contribution in [3.8, 4) is 11.5 Å². The molecule has 0 aliphatic carbocycles. The fourth-order valence-corrected chi connectivity index (χ4v) is 4.72. The molecule has 3 aromatic rings. The van der Waals surface area contributed by atoms with Gasteiger partial charge in [0.15, 0.2) is 0 Å². The zero-order valence-electron chi connectivity index (χ0n) is 29.8. The molecule has 264 valence electrons. The minimum absolute atomic E-state index is 0.0379. The van der Waals surface area contributed by atoms with Crippen LogP contribution in [-0.2, 0) is 14.9 Å². The Kier molecular flexibility index (Phi) is 15.0. The number of carbonyl (C=O) groups is 2. The maximum atomic E-state index is 12.8. The predicted octanol–water partition coefficient (Wildman–Crippen LogP) is 10.3. The number of carbonyl (C=O) groups excluding carboxylic acids is 2. The first kappa shape index (κ1) is 40.2. The van der Waals surface area contributed by atoms with E-state index in [1.54, 1.807) is 31.2 Å². The molecule has 2 unspecified atom stereocenters. The normalized spacial score (nSPS) is 13.0. The molecule has 0 radical (unpaired) electrons. The van der Waals surface area contributed by atoms with E-state index in [0.29, 0.717) is 22.3 Å². The van der Waals surface area contributed by atoms with Crippen LogP contribution in [0.4, 0.5) is 13.2 Å². The SMILES string of the molecule is CC(C)(C)C.CCCC(c1ccc(C(=O)NCCC(=O)OCC)cc1)C(Oc1ccc(C(C)(C)C)cc1)c1ccc(OC(F)(F)F)cc1. The van der Waals surface area contributed by atoms with Gasteiger partial charge in [0.25, 0.3) is 5.91 Å². The van der Waals surface area contributed by atoms with Crippen LogP contribution >= 0.6 is 0 Å². The summed E-state index contributed by atoms with van der Waals surface area (Å²) in [5, 5.41) is 2.72. The van der Waals surface area contributed by atoms with Gasteiger partial charge in [-0.2, -0.15) is 0 Å². The van der Waals surface area contributed by atoms with Crippen molar-refractivity contribution in [1.82, 2.24) is 5.32 Å². The fourth-order valence-electron chi connectivity index (χ4n) is 4.72. The van der Waals surface area contributed by atoms with Gasteiger partial charge in [-0.1, -0.05) is 98.2 Å². The van der Waals surface area contributed by atoms with Crippen LogP contribution in [0.15, 0.2) is 72.8 Å². The monoisotopic (exact) mass is 671 g/mol. The van der Waals surface area contributed by atoms with Gasteiger partial charge >= 0.3 is 12.3 Å². The second-order valence-electron chi connectivity index (χ2n) is 14.3. The molecule has 3 aromatic carbocycles. The van der Waals surface area contributed by atoms with Gasteiger partial charge < -0.3 is 19.5 Å². The summed E-state index contributed by atoms with van der Waals surface area (Å²) in [4.78, 5) is 24.2. The quantitative estimate of drug-likeness (QED) is 0.183. The lowest BCUT2D eigenvalue weighted by Crippen LogP contribution is -2.26. The van der Waals surface area contributed by atoms with E-state index in [1.165, 1.54) is 12.1 Å². The summed E-state index contributed by atoms with van der Waals surface area (Å²) < 4.78 is 53.9. The first-order chi connectivity index (χ1) is 22.3. The second-order valence-corrected chi connectivity index (χ2v) is 14.3. The molecule has 0 bridgehead atoms. The molecule has 9 heteroatoms. The van der Waals surface area contributed by atoms with Crippen LogP contribution in [0.1, 0.15) is 121 Å². The Morgan fingerprint density at radius 1 is 0.750 bits per heavy atom. The molecular formula is C39H52F3NO5. The Hall–Kier alpha value is -4.01. The Labute approximate surface area is 284 Å². The number of halogens is 3. The van der Waals surface area contributed by atoms with Crippen molar-refractivity contribution in [1.29, 1.82) is 0 Å². The molecule has 0 aliphatic heterocycles. The third-order valence-corrected chi connectivity index (χ3v) is 6.91. The van der Waals surface area contributed by atoms with Crippen LogP contribution in [0.5, 0.6) is 11.5 Å². The van der Waals surface area contributed by atoms with Gasteiger partial charge in [0.2, 0.25) is 0 Å². The van der Waals surface area contributed by atoms with Crippen molar-refractivity contribution in [2.24, 2.45) is 5.41 Å². The average molecular weight is 672 g/mol. The van der Waals surface area contributed by atoms with Crippen LogP contribution in [0.2, 0.25) is 0 Å². The van der Waals surface area contributed by atoms with Crippen LogP contribution in [-0.4, -0.2) is 31.4 Å². The summed E-state index contributed by atoms with van der Waals surface area (Å²) >= 11 is 0. The third-order valence-electron chi connectivity index (χ3n) is 6.91. The van der Waals surface area contributed by atoms with E-state index >= 15 is 0 Å². The average Bonchev–Trinajstić information content (AvgIpc) is 2.98. The highest BCUT2D eigenvalue weighted by Gasteiger charge is 2.32. The van der Waals surface area contributed by atoms with Gasteiger partial charge in [0, 0.05) is 18.0 Å². The highest BCUT2D eigenvalue weighted by molar-refractivity contribution is 5.94. The number of hydrogen-bond donors (Lipinski definition) is 1. The molecule has 1 N–H and O–H groups in total. The zero-order valence-corrected chi connectivity index (χ0v) is 29.8. The number of hydrogen-bond acceptors (Lipinski definition) is 5. The van der Waals surface area contributed by atoms with E-state index in [1.807, 2.05) is 43.3 Å². The molecule has 0 aliphatic rings. The zero-order chi connectivity index (χ0) is 36.1. The van der Waals surface area contributed by atoms with E-state index in [2.05, 4.69) is 58.5 Å². The molecule has 0 fully saturated rings. The molecule has 0 saturated carbocycles. The molecule has 6 nitrogen and oxygen atoms in total. The van der Waals surface area contributed by atoms with Crippen molar-refractivity contribution < 1.29 is 37.0 Å². The molecule has 0 spiro atoms. The van der Waals surface area contributed by atoms with E-state index in [0.717, 1.165) is 24.0 Å². The van der Waals surface area contributed by atoms with Crippen LogP contribution < -0.4 is 14.8 Å². The van der Waals surface area contributed by atoms with E-state index < -0.39 is 12.5 Å². The summed E-state index contributed by atoms with van der Waals surface area (Å²) in [6.45, 7) is 19.3. The summed E-state index contributed by atoms with van der Waals surface area (Å²) in [6.07, 6.45) is -3.71. The second kappa shape index (κ2) is 17.9. The van der Waals surface area contributed by atoms with E-state index in [9.17, 15) is 22.8 Å². The molecule has 2 atom stereocenters. The topological polar surface area (TPSA) is 73.9 Å². The number of rotatable bonds is 13. The maximum absolute atomic E-state index is 12.8. The first-order valence-electron chi connectivity index (χ1n) is 16.5. The van der Waals surface area contributed by atoms with E-state index in [-0.39, 0.29) is 48.5 Å². The molecule has 3 rings (SSSR count). The van der Waals surface area contributed by atoms with Crippen molar-refractivity contribution in [2.45, 2.75) is 105 Å². The molecule has 1 amide bonds. The molecular weight excluding hydrogens is 619 g/mol. The largest absolute Gasteiger partial charge is 0.573 e. The van der Waals surface area contributed by atoms with Crippen molar-refractivity contribution in [2.75, 3.05) is 13.2 Å². The number of alkyl halides is 3. The molecule has 0 aromatic heterocycles.